The topological polar surface area (TPSA) is 29.9 Å². The van der Waals surface area contributed by atoms with E-state index in [-0.39, 0.29) is 11.9 Å². The van der Waals surface area contributed by atoms with E-state index in [9.17, 15) is 4.39 Å². The zero-order valence-corrected chi connectivity index (χ0v) is 13.7. The summed E-state index contributed by atoms with van der Waals surface area (Å²) in [5.41, 5.74) is 0.991. The Hall–Kier alpha value is -1.04. The Balaban J connectivity index is 2.11. The lowest BCUT2D eigenvalue weighted by molar-refractivity contribution is 0.524. The average Bonchev–Trinajstić information content (AvgIpc) is 2.82. The van der Waals surface area contributed by atoms with Crippen molar-refractivity contribution in [2.24, 2.45) is 0 Å². The summed E-state index contributed by atoms with van der Waals surface area (Å²) in [6.07, 6.45) is 2.68. The molecule has 3 nitrogen and oxygen atoms in total. The second-order valence-corrected chi connectivity index (χ2v) is 6.21. The summed E-state index contributed by atoms with van der Waals surface area (Å²) in [5.74, 6) is 0.546. The molecule has 0 fully saturated rings. The fourth-order valence-electron chi connectivity index (χ4n) is 2.14. The minimum Gasteiger partial charge on any atom is -0.311 e. The molecule has 2 rings (SSSR count). The van der Waals surface area contributed by atoms with Crippen LogP contribution in [0.25, 0.3) is 0 Å². The lowest BCUT2D eigenvalue weighted by Gasteiger charge is -2.18. The zero-order chi connectivity index (χ0) is 15.2. The highest BCUT2D eigenvalue weighted by molar-refractivity contribution is 7.99. The Morgan fingerprint density at radius 1 is 1.48 bits per heavy atom. The van der Waals surface area contributed by atoms with E-state index < -0.39 is 0 Å². The molecule has 0 amide bonds. The molecule has 0 aliphatic carbocycles. The van der Waals surface area contributed by atoms with Crippen LogP contribution in [0.2, 0.25) is 5.02 Å². The van der Waals surface area contributed by atoms with Gasteiger partial charge < -0.3 is 5.32 Å². The molecule has 0 aliphatic rings. The van der Waals surface area contributed by atoms with E-state index in [0.717, 1.165) is 29.3 Å². The highest BCUT2D eigenvalue weighted by Gasteiger charge is 2.19. The molecule has 1 N–H and O–H groups in total. The largest absolute Gasteiger partial charge is 0.311 e. The molecule has 0 aliphatic heterocycles. The predicted octanol–water partition coefficient (Wildman–Crippen LogP) is 4.14. The number of benzene rings is 1. The van der Waals surface area contributed by atoms with E-state index in [2.05, 4.69) is 17.3 Å². The summed E-state index contributed by atoms with van der Waals surface area (Å²) >= 11 is 7.87. The van der Waals surface area contributed by atoms with Gasteiger partial charge in [-0.1, -0.05) is 24.6 Å². The minimum atomic E-state index is -0.213. The molecule has 1 aromatic carbocycles. The van der Waals surface area contributed by atoms with Gasteiger partial charge in [0.25, 0.3) is 0 Å². The van der Waals surface area contributed by atoms with E-state index >= 15 is 0 Å². The Morgan fingerprint density at radius 3 is 2.95 bits per heavy atom. The molecule has 0 spiro atoms. The van der Waals surface area contributed by atoms with Crippen LogP contribution in [0.15, 0.2) is 35.4 Å². The number of hydrogen-bond donors (Lipinski definition) is 1. The molecule has 114 valence electrons. The number of halogens is 2. The number of hydrogen-bond acceptors (Lipinski definition) is 3. The first-order valence-electron chi connectivity index (χ1n) is 6.92. The monoisotopic (exact) mass is 327 g/mol. The first-order valence-corrected chi connectivity index (χ1v) is 8.29. The highest BCUT2D eigenvalue weighted by atomic mass is 35.5. The summed E-state index contributed by atoms with van der Waals surface area (Å²) in [5, 5.41) is 8.26. The quantitative estimate of drug-likeness (QED) is 0.775. The molecule has 0 saturated carbocycles. The molecule has 0 saturated heterocycles. The van der Waals surface area contributed by atoms with Crippen LogP contribution < -0.4 is 5.32 Å². The van der Waals surface area contributed by atoms with Crippen molar-refractivity contribution in [1.82, 2.24) is 15.1 Å². The second-order valence-electron chi connectivity index (χ2n) is 4.71. The maximum Gasteiger partial charge on any atom is 0.124 e. The van der Waals surface area contributed by atoms with Crippen LogP contribution in [0.4, 0.5) is 4.39 Å². The smallest absolute Gasteiger partial charge is 0.124 e. The van der Waals surface area contributed by atoms with E-state index in [1.807, 2.05) is 17.8 Å². The maximum absolute atomic E-state index is 13.2. The lowest BCUT2D eigenvalue weighted by atomic mass is 10.2. The SMILES string of the molecule is CCCn1ncc(Cl)c1C(CSc1cccc(F)c1)NC. The van der Waals surface area contributed by atoms with Gasteiger partial charge in [0.1, 0.15) is 5.82 Å². The van der Waals surface area contributed by atoms with Crippen LogP contribution >= 0.6 is 23.4 Å². The second kappa shape index (κ2) is 7.82. The number of thioether (sulfide) groups is 1. The van der Waals surface area contributed by atoms with Crippen molar-refractivity contribution in [3.8, 4) is 0 Å². The molecule has 6 heteroatoms. The van der Waals surface area contributed by atoms with Gasteiger partial charge in [-0.2, -0.15) is 5.10 Å². The molecule has 0 radical (unpaired) electrons. The van der Waals surface area contributed by atoms with Gasteiger partial charge in [-0.3, -0.25) is 4.68 Å². The van der Waals surface area contributed by atoms with Crippen molar-refractivity contribution in [3.63, 3.8) is 0 Å². The third-order valence-corrected chi connectivity index (χ3v) is 4.54. The summed E-state index contributed by atoms with van der Waals surface area (Å²) in [6, 6.07) is 6.70. The van der Waals surface area contributed by atoms with Gasteiger partial charge in [-0.05, 0) is 31.7 Å². The number of rotatable bonds is 7. The zero-order valence-electron chi connectivity index (χ0n) is 12.1. The van der Waals surface area contributed by atoms with Gasteiger partial charge in [-0.25, -0.2) is 4.39 Å². The standard InChI is InChI=1S/C15H19ClFN3S/c1-3-7-20-15(13(16)9-19-20)14(18-2)10-21-12-6-4-5-11(17)8-12/h4-6,8-9,14,18H,3,7,10H2,1-2H3. The summed E-state index contributed by atoms with van der Waals surface area (Å²) in [7, 11) is 1.90. The van der Waals surface area contributed by atoms with Gasteiger partial charge in [0.2, 0.25) is 0 Å². The average molecular weight is 328 g/mol. The fraction of sp³-hybridized carbons (Fsp3) is 0.400. The highest BCUT2D eigenvalue weighted by Crippen LogP contribution is 2.29. The Morgan fingerprint density at radius 2 is 2.29 bits per heavy atom. The van der Waals surface area contributed by atoms with Crippen LogP contribution in [0.1, 0.15) is 25.1 Å². The van der Waals surface area contributed by atoms with Crippen molar-refractivity contribution in [1.29, 1.82) is 0 Å². The number of nitrogens with zero attached hydrogens (tertiary/aromatic N) is 2. The number of nitrogens with one attached hydrogen (secondary N) is 1. The van der Waals surface area contributed by atoms with Crippen molar-refractivity contribution < 1.29 is 4.39 Å². The summed E-state index contributed by atoms with van der Waals surface area (Å²) in [6.45, 7) is 2.94. The lowest BCUT2D eigenvalue weighted by Crippen LogP contribution is -2.23. The van der Waals surface area contributed by atoms with Crippen LogP contribution in [0, 0.1) is 5.82 Å². The Labute approximate surface area is 133 Å². The Kier molecular flexibility index (Phi) is 6.08. The van der Waals surface area contributed by atoms with Crippen LogP contribution in [-0.2, 0) is 6.54 Å². The minimum absolute atomic E-state index is 0.0693. The first kappa shape index (κ1) is 16.3. The molecule has 1 aromatic heterocycles. The van der Waals surface area contributed by atoms with E-state index in [4.69, 9.17) is 11.6 Å². The van der Waals surface area contributed by atoms with Gasteiger partial charge in [0, 0.05) is 17.2 Å². The van der Waals surface area contributed by atoms with Crippen molar-refractivity contribution in [2.45, 2.75) is 30.8 Å². The molecule has 1 unspecified atom stereocenters. The normalized spacial score (nSPS) is 12.6. The van der Waals surface area contributed by atoms with Gasteiger partial charge in [0.15, 0.2) is 0 Å². The van der Waals surface area contributed by atoms with E-state index in [1.165, 1.54) is 6.07 Å². The Bertz CT molecular complexity index is 588. The molecule has 2 aromatic rings. The number of aromatic nitrogens is 2. The van der Waals surface area contributed by atoms with Crippen LogP contribution in [-0.4, -0.2) is 22.6 Å². The maximum atomic E-state index is 13.2. The van der Waals surface area contributed by atoms with Crippen LogP contribution in [0.3, 0.4) is 0 Å². The third kappa shape index (κ3) is 4.22. The first-order chi connectivity index (χ1) is 10.2. The number of aryl methyl sites for hydroxylation is 1. The van der Waals surface area contributed by atoms with E-state index in [1.54, 1.807) is 30.1 Å². The molecule has 21 heavy (non-hydrogen) atoms. The fourth-order valence-corrected chi connectivity index (χ4v) is 3.47. The van der Waals surface area contributed by atoms with Gasteiger partial charge in [0.05, 0.1) is 23.0 Å². The predicted molar refractivity (Wildman–Crippen MR) is 86.5 cm³/mol. The van der Waals surface area contributed by atoms with Crippen molar-refractivity contribution in [3.05, 3.63) is 47.0 Å². The van der Waals surface area contributed by atoms with E-state index in [0.29, 0.717) is 5.02 Å². The molecule has 1 heterocycles. The molecular weight excluding hydrogens is 309 g/mol. The summed E-state index contributed by atoms with van der Waals surface area (Å²) in [4.78, 5) is 0.910. The third-order valence-electron chi connectivity index (χ3n) is 3.16. The van der Waals surface area contributed by atoms with Gasteiger partial charge in [-0.15, -0.1) is 11.8 Å². The van der Waals surface area contributed by atoms with Gasteiger partial charge >= 0.3 is 0 Å². The molecule has 1 atom stereocenters. The molecular formula is C15H19ClFN3S. The van der Waals surface area contributed by atoms with Crippen molar-refractivity contribution in [2.75, 3.05) is 12.8 Å². The summed E-state index contributed by atoms with van der Waals surface area (Å²) < 4.78 is 15.2. The van der Waals surface area contributed by atoms with Crippen LogP contribution in [0.5, 0.6) is 0 Å². The molecule has 0 bridgehead atoms. The van der Waals surface area contributed by atoms with Crippen molar-refractivity contribution >= 4 is 23.4 Å².